The van der Waals surface area contributed by atoms with Crippen LogP contribution in [-0.4, -0.2) is 46.5 Å². The third-order valence-corrected chi connectivity index (χ3v) is 6.25. The summed E-state index contributed by atoms with van der Waals surface area (Å²) in [6.45, 7) is 5.56. The van der Waals surface area contributed by atoms with E-state index in [0.717, 1.165) is 31.8 Å². The Balaban J connectivity index is 1.89. The molecule has 2 fully saturated rings. The van der Waals surface area contributed by atoms with E-state index in [1.807, 2.05) is 0 Å². The molecule has 0 aromatic heterocycles. The maximum absolute atomic E-state index is 10.4. The van der Waals surface area contributed by atoms with E-state index in [4.69, 9.17) is 23.2 Å². The number of aliphatic hydroxyl groups excluding tert-OH is 1. The molecule has 2 aliphatic rings. The van der Waals surface area contributed by atoms with Crippen LogP contribution >= 0.6 is 23.2 Å². The Hall–Kier alpha value is 0.500. The Morgan fingerprint density at radius 2 is 1.77 bits per heavy atom. The van der Waals surface area contributed by atoms with Crippen molar-refractivity contribution in [2.24, 2.45) is 11.8 Å². The van der Waals surface area contributed by atoms with E-state index in [1.54, 1.807) is 0 Å². The van der Waals surface area contributed by atoms with Crippen molar-refractivity contribution in [3.05, 3.63) is 0 Å². The van der Waals surface area contributed by atoms with Crippen molar-refractivity contribution in [2.75, 3.05) is 19.6 Å². The highest BCUT2D eigenvalue weighted by molar-refractivity contribution is 6.24. The number of hydrogen-bond donors (Lipinski definition) is 1. The summed E-state index contributed by atoms with van der Waals surface area (Å²) >= 11 is 12.6. The van der Waals surface area contributed by atoms with Crippen LogP contribution in [0.25, 0.3) is 0 Å². The van der Waals surface area contributed by atoms with Gasteiger partial charge in [-0.25, -0.2) is 0 Å². The zero-order chi connectivity index (χ0) is 15.9. The molecule has 0 aliphatic heterocycles. The second kappa shape index (κ2) is 9.71. The number of nitrogens with zero attached hydrogens (tertiary/aromatic N) is 1. The normalized spacial score (nSPS) is 34.2. The molecule has 22 heavy (non-hydrogen) atoms. The van der Waals surface area contributed by atoms with Crippen LogP contribution in [0.5, 0.6) is 0 Å². The molecule has 0 spiro atoms. The molecular formula is C18H33Cl2NO. The van der Waals surface area contributed by atoms with Crippen molar-refractivity contribution in [1.29, 1.82) is 0 Å². The van der Waals surface area contributed by atoms with Gasteiger partial charge in [-0.15, -0.1) is 23.2 Å². The molecule has 4 unspecified atom stereocenters. The predicted octanol–water partition coefficient (Wildman–Crippen LogP) is 4.65. The highest BCUT2D eigenvalue weighted by Gasteiger charge is 2.36. The Kier molecular flexibility index (Phi) is 8.31. The van der Waals surface area contributed by atoms with Gasteiger partial charge in [-0.1, -0.05) is 32.6 Å². The quantitative estimate of drug-likeness (QED) is 0.676. The van der Waals surface area contributed by atoms with Gasteiger partial charge >= 0.3 is 0 Å². The van der Waals surface area contributed by atoms with Gasteiger partial charge in [0.1, 0.15) is 0 Å². The van der Waals surface area contributed by atoms with Gasteiger partial charge in [0.2, 0.25) is 0 Å². The second-order valence-electron chi connectivity index (χ2n) is 7.45. The highest BCUT2D eigenvalue weighted by Crippen LogP contribution is 2.33. The molecule has 0 aromatic carbocycles. The maximum atomic E-state index is 10.4. The first-order valence-corrected chi connectivity index (χ1v) is 10.2. The van der Waals surface area contributed by atoms with Crippen molar-refractivity contribution < 1.29 is 5.11 Å². The van der Waals surface area contributed by atoms with Crippen LogP contribution in [0.15, 0.2) is 0 Å². The molecule has 0 radical (unpaired) electrons. The Morgan fingerprint density at radius 1 is 1.05 bits per heavy atom. The van der Waals surface area contributed by atoms with Gasteiger partial charge in [-0.2, -0.15) is 0 Å². The van der Waals surface area contributed by atoms with Crippen LogP contribution in [0.4, 0.5) is 0 Å². The minimum absolute atomic E-state index is 0.124. The van der Waals surface area contributed by atoms with E-state index in [-0.39, 0.29) is 16.7 Å². The van der Waals surface area contributed by atoms with Gasteiger partial charge < -0.3 is 10.0 Å². The second-order valence-corrected chi connectivity index (χ2v) is 8.63. The lowest BCUT2D eigenvalue weighted by atomic mass is 9.84. The Labute approximate surface area is 146 Å². The van der Waals surface area contributed by atoms with Crippen molar-refractivity contribution in [2.45, 2.75) is 81.6 Å². The van der Waals surface area contributed by atoms with Gasteiger partial charge in [0.05, 0.1) is 11.5 Å². The summed E-state index contributed by atoms with van der Waals surface area (Å²) in [7, 11) is 0. The van der Waals surface area contributed by atoms with Crippen molar-refractivity contribution >= 4 is 23.2 Å². The van der Waals surface area contributed by atoms with E-state index in [0.29, 0.717) is 0 Å². The molecule has 2 saturated carbocycles. The van der Waals surface area contributed by atoms with E-state index in [2.05, 4.69) is 11.8 Å². The lowest BCUT2D eigenvalue weighted by molar-refractivity contribution is 0.0454. The van der Waals surface area contributed by atoms with Gasteiger partial charge in [0, 0.05) is 24.4 Å². The summed E-state index contributed by atoms with van der Waals surface area (Å²) in [4.78, 5) is 2.59. The number of hydrogen-bond acceptors (Lipinski definition) is 2. The molecule has 0 amide bonds. The SMILES string of the molecule is CCCCN(CC1CCCCC1)CC1CC(Cl)CC(Cl)C1O. The number of alkyl halides is 2. The molecule has 2 aliphatic carbocycles. The minimum atomic E-state index is -0.396. The van der Waals surface area contributed by atoms with Crippen molar-refractivity contribution in [3.8, 4) is 0 Å². The molecule has 0 aromatic rings. The topological polar surface area (TPSA) is 23.5 Å². The van der Waals surface area contributed by atoms with Crippen LogP contribution in [-0.2, 0) is 0 Å². The third-order valence-electron chi connectivity index (χ3n) is 5.45. The molecule has 0 bridgehead atoms. The number of unbranched alkanes of at least 4 members (excludes halogenated alkanes) is 1. The van der Waals surface area contributed by atoms with Crippen LogP contribution < -0.4 is 0 Å². The number of halogens is 2. The van der Waals surface area contributed by atoms with Crippen LogP contribution in [0.2, 0.25) is 0 Å². The van der Waals surface area contributed by atoms with Crippen LogP contribution in [0.3, 0.4) is 0 Å². The first-order valence-electron chi connectivity index (χ1n) is 9.28. The molecular weight excluding hydrogens is 317 g/mol. The maximum Gasteiger partial charge on any atom is 0.0745 e. The van der Waals surface area contributed by atoms with Crippen LogP contribution in [0.1, 0.15) is 64.7 Å². The Morgan fingerprint density at radius 3 is 2.45 bits per heavy atom. The molecule has 2 rings (SSSR count). The fourth-order valence-electron chi connectivity index (χ4n) is 4.13. The van der Waals surface area contributed by atoms with E-state index < -0.39 is 6.10 Å². The molecule has 130 valence electrons. The first kappa shape index (κ1) is 18.8. The van der Waals surface area contributed by atoms with Gasteiger partial charge in [-0.05, 0) is 44.6 Å². The molecule has 4 heteroatoms. The molecule has 4 atom stereocenters. The van der Waals surface area contributed by atoms with Crippen LogP contribution in [0, 0.1) is 11.8 Å². The van der Waals surface area contributed by atoms with Gasteiger partial charge in [0.25, 0.3) is 0 Å². The standard InChI is InChI=1S/C18H33Cl2NO/c1-2-3-9-21(12-14-7-5-4-6-8-14)13-15-10-16(19)11-17(20)18(15)22/h14-18,22H,2-13H2,1H3. The van der Waals surface area contributed by atoms with Crippen molar-refractivity contribution in [1.82, 2.24) is 4.90 Å². The van der Waals surface area contributed by atoms with E-state index in [9.17, 15) is 5.11 Å². The Bertz CT molecular complexity index is 309. The average molecular weight is 350 g/mol. The minimum Gasteiger partial charge on any atom is -0.391 e. The summed E-state index contributed by atoms with van der Waals surface area (Å²) in [5.41, 5.74) is 0. The summed E-state index contributed by atoms with van der Waals surface area (Å²) in [6, 6.07) is 0. The van der Waals surface area contributed by atoms with E-state index in [1.165, 1.54) is 51.5 Å². The summed E-state index contributed by atoms with van der Waals surface area (Å²) < 4.78 is 0. The fraction of sp³-hybridized carbons (Fsp3) is 1.00. The summed E-state index contributed by atoms with van der Waals surface area (Å²) in [6.07, 6.45) is 10.7. The first-order chi connectivity index (χ1) is 10.6. The predicted molar refractivity (Wildman–Crippen MR) is 95.9 cm³/mol. The number of rotatable bonds is 7. The lowest BCUT2D eigenvalue weighted by Crippen LogP contribution is -2.45. The average Bonchev–Trinajstić information content (AvgIpc) is 2.50. The molecule has 0 saturated heterocycles. The number of aliphatic hydroxyl groups is 1. The fourth-order valence-corrected chi connectivity index (χ4v) is 5.06. The summed E-state index contributed by atoms with van der Waals surface area (Å²) in [5.74, 6) is 1.09. The van der Waals surface area contributed by atoms with Gasteiger partial charge in [0.15, 0.2) is 0 Å². The van der Waals surface area contributed by atoms with E-state index >= 15 is 0 Å². The highest BCUT2D eigenvalue weighted by atomic mass is 35.5. The smallest absolute Gasteiger partial charge is 0.0745 e. The zero-order valence-corrected chi connectivity index (χ0v) is 15.5. The van der Waals surface area contributed by atoms with Crippen molar-refractivity contribution in [3.63, 3.8) is 0 Å². The van der Waals surface area contributed by atoms with Gasteiger partial charge in [-0.3, -0.25) is 0 Å². The lowest BCUT2D eigenvalue weighted by Gasteiger charge is -2.38. The summed E-state index contributed by atoms with van der Waals surface area (Å²) in [5, 5.41) is 10.4. The monoisotopic (exact) mass is 349 g/mol. The zero-order valence-electron chi connectivity index (χ0n) is 14.0. The molecule has 0 heterocycles. The largest absolute Gasteiger partial charge is 0.391 e. The molecule has 1 N–H and O–H groups in total. The molecule has 2 nitrogen and oxygen atoms in total. The third kappa shape index (κ3) is 5.85.